The summed E-state index contributed by atoms with van der Waals surface area (Å²) in [6.07, 6.45) is 0.839. The van der Waals surface area contributed by atoms with E-state index in [0.29, 0.717) is 19.7 Å². The molecule has 0 aromatic heterocycles. The van der Waals surface area contributed by atoms with Crippen LogP contribution in [-0.4, -0.2) is 54.0 Å². The minimum Gasteiger partial charge on any atom is -0.392 e. The molecule has 0 aliphatic carbocycles. The summed E-state index contributed by atoms with van der Waals surface area (Å²) in [6, 6.07) is -0.614. The molecule has 0 aromatic carbocycles. The maximum Gasteiger partial charge on any atom is 0.245 e. The molecule has 1 aliphatic heterocycles. The van der Waals surface area contributed by atoms with Crippen LogP contribution in [0.25, 0.3) is 0 Å². The number of amides is 2. The zero-order valence-electron chi connectivity index (χ0n) is 12.3. The Labute approximate surface area is 125 Å². The van der Waals surface area contributed by atoms with E-state index in [4.69, 9.17) is 22.7 Å². The minimum absolute atomic E-state index is 0.127. The van der Waals surface area contributed by atoms with E-state index >= 15 is 0 Å². The molecule has 6 nitrogen and oxygen atoms in total. The van der Waals surface area contributed by atoms with Crippen molar-refractivity contribution >= 4 is 29.0 Å². The first-order valence-corrected chi connectivity index (χ1v) is 7.19. The molecule has 0 radical (unpaired) electrons. The van der Waals surface area contributed by atoms with Crippen molar-refractivity contribution in [3.05, 3.63) is 0 Å². The predicted molar refractivity (Wildman–Crippen MR) is 80.2 cm³/mol. The van der Waals surface area contributed by atoms with E-state index in [9.17, 15) is 9.59 Å². The number of rotatable bonds is 5. The number of carbonyl (C=O) groups is 2. The molecule has 1 atom stereocenters. The summed E-state index contributed by atoms with van der Waals surface area (Å²) < 4.78 is 5.32. The Kier molecular flexibility index (Phi) is 5.88. The van der Waals surface area contributed by atoms with Gasteiger partial charge in [-0.25, -0.2) is 0 Å². The molecule has 0 saturated carbocycles. The lowest BCUT2D eigenvalue weighted by molar-refractivity contribution is -0.152. The van der Waals surface area contributed by atoms with Crippen molar-refractivity contribution in [3.63, 3.8) is 0 Å². The van der Waals surface area contributed by atoms with Crippen molar-refractivity contribution in [1.29, 1.82) is 0 Å². The summed E-state index contributed by atoms with van der Waals surface area (Å²) in [5.74, 6) is -0.427. The topological polar surface area (TPSA) is 84.7 Å². The second kappa shape index (κ2) is 6.99. The van der Waals surface area contributed by atoms with Gasteiger partial charge in [0.2, 0.25) is 11.8 Å². The van der Waals surface area contributed by atoms with Gasteiger partial charge in [-0.1, -0.05) is 19.1 Å². The van der Waals surface area contributed by atoms with E-state index in [0.717, 1.165) is 6.42 Å². The number of nitrogens with one attached hydrogen (secondary N) is 1. The number of thiocarbonyl (C=S) groups is 1. The lowest BCUT2D eigenvalue weighted by atomic mass is 9.90. The smallest absolute Gasteiger partial charge is 0.245 e. The highest BCUT2D eigenvalue weighted by molar-refractivity contribution is 7.80. The maximum atomic E-state index is 12.6. The van der Waals surface area contributed by atoms with Crippen molar-refractivity contribution in [2.75, 3.05) is 26.3 Å². The fourth-order valence-corrected chi connectivity index (χ4v) is 1.98. The molecular weight excluding hydrogens is 278 g/mol. The molecule has 1 heterocycles. The van der Waals surface area contributed by atoms with Gasteiger partial charge in [0.05, 0.1) is 23.6 Å². The first-order chi connectivity index (χ1) is 9.32. The van der Waals surface area contributed by atoms with Crippen LogP contribution in [0.1, 0.15) is 27.2 Å². The number of hydrogen-bond acceptors (Lipinski definition) is 4. The standard InChI is InChI=1S/C13H23N3O3S/c1-4-5-15-10(17)9-8-19-7-6-16(9)12(18)13(2,3)11(14)20/h9H,4-8H2,1-3H3,(H2,14,20)(H,15,17). The summed E-state index contributed by atoms with van der Waals surface area (Å²) in [7, 11) is 0. The summed E-state index contributed by atoms with van der Waals surface area (Å²) >= 11 is 4.95. The molecule has 7 heteroatoms. The number of hydrogen-bond donors (Lipinski definition) is 2. The van der Waals surface area contributed by atoms with Gasteiger partial charge in [0.25, 0.3) is 0 Å². The van der Waals surface area contributed by atoms with Crippen LogP contribution in [0.15, 0.2) is 0 Å². The van der Waals surface area contributed by atoms with Crippen molar-refractivity contribution < 1.29 is 14.3 Å². The third kappa shape index (κ3) is 3.67. The van der Waals surface area contributed by atoms with Gasteiger partial charge in [-0.05, 0) is 20.3 Å². The first kappa shape index (κ1) is 16.8. The number of morpholine rings is 1. The number of carbonyl (C=O) groups excluding carboxylic acids is 2. The van der Waals surface area contributed by atoms with Crippen LogP contribution in [-0.2, 0) is 14.3 Å². The first-order valence-electron chi connectivity index (χ1n) is 6.78. The van der Waals surface area contributed by atoms with Crippen LogP contribution < -0.4 is 11.1 Å². The average molecular weight is 301 g/mol. The van der Waals surface area contributed by atoms with Gasteiger partial charge in [-0.2, -0.15) is 0 Å². The minimum atomic E-state index is -0.962. The Morgan fingerprint density at radius 1 is 1.50 bits per heavy atom. The second-order valence-electron chi connectivity index (χ2n) is 5.37. The Morgan fingerprint density at radius 2 is 2.15 bits per heavy atom. The van der Waals surface area contributed by atoms with Gasteiger partial charge in [0, 0.05) is 13.1 Å². The third-order valence-corrected chi connectivity index (χ3v) is 3.90. The molecule has 1 saturated heterocycles. The van der Waals surface area contributed by atoms with Crippen LogP contribution in [0.4, 0.5) is 0 Å². The van der Waals surface area contributed by atoms with Crippen molar-refractivity contribution in [2.24, 2.45) is 11.1 Å². The molecule has 1 fully saturated rings. The normalized spacial score (nSPS) is 19.6. The maximum absolute atomic E-state index is 12.6. The molecule has 2 amide bonds. The van der Waals surface area contributed by atoms with E-state index in [1.165, 1.54) is 4.90 Å². The third-order valence-electron chi connectivity index (χ3n) is 3.39. The van der Waals surface area contributed by atoms with Crippen LogP contribution in [0, 0.1) is 5.41 Å². The Morgan fingerprint density at radius 3 is 2.70 bits per heavy atom. The van der Waals surface area contributed by atoms with Crippen molar-refractivity contribution in [3.8, 4) is 0 Å². The van der Waals surface area contributed by atoms with E-state index < -0.39 is 11.5 Å². The molecule has 114 valence electrons. The van der Waals surface area contributed by atoms with E-state index in [1.54, 1.807) is 13.8 Å². The lowest BCUT2D eigenvalue weighted by Crippen LogP contribution is -2.60. The Balaban J connectivity index is 2.86. The van der Waals surface area contributed by atoms with Crippen molar-refractivity contribution in [1.82, 2.24) is 10.2 Å². The highest BCUT2D eigenvalue weighted by atomic mass is 32.1. The molecule has 1 rings (SSSR count). The quantitative estimate of drug-likeness (QED) is 0.701. The summed E-state index contributed by atoms with van der Waals surface area (Å²) in [5, 5.41) is 2.79. The van der Waals surface area contributed by atoms with E-state index in [2.05, 4.69) is 5.32 Å². The van der Waals surface area contributed by atoms with Gasteiger partial charge in [0.15, 0.2) is 0 Å². The molecule has 1 unspecified atom stereocenters. The van der Waals surface area contributed by atoms with Crippen LogP contribution in [0.3, 0.4) is 0 Å². The molecule has 20 heavy (non-hydrogen) atoms. The van der Waals surface area contributed by atoms with Gasteiger partial charge >= 0.3 is 0 Å². The summed E-state index contributed by atoms with van der Waals surface area (Å²) in [4.78, 5) is 26.3. The average Bonchev–Trinajstić information content (AvgIpc) is 2.43. The zero-order chi connectivity index (χ0) is 15.3. The van der Waals surface area contributed by atoms with Gasteiger partial charge < -0.3 is 20.7 Å². The van der Waals surface area contributed by atoms with E-state index in [1.807, 2.05) is 6.92 Å². The van der Waals surface area contributed by atoms with Gasteiger partial charge in [-0.3, -0.25) is 9.59 Å². The Hall–Kier alpha value is -1.21. The van der Waals surface area contributed by atoms with E-state index in [-0.39, 0.29) is 23.4 Å². The highest BCUT2D eigenvalue weighted by Gasteiger charge is 2.41. The number of nitrogens with two attached hydrogens (primary N) is 1. The number of ether oxygens (including phenoxy) is 1. The fraction of sp³-hybridized carbons (Fsp3) is 0.769. The van der Waals surface area contributed by atoms with Crippen LogP contribution >= 0.6 is 12.2 Å². The molecular formula is C13H23N3O3S. The summed E-state index contributed by atoms with van der Waals surface area (Å²) in [6.45, 7) is 6.88. The summed E-state index contributed by atoms with van der Waals surface area (Å²) in [5.41, 5.74) is 4.67. The van der Waals surface area contributed by atoms with Crippen LogP contribution in [0.2, 0.25) is 0 Å². The SMILES string of the molecule is CCCNC(=O)C1COCCN1C(=O)C(C)(C)C(N)=S. The molecule has 0 spiro atoms. The number of nitrogens with zero attached hydrogens (tertiary/aromatic N) is 1. The molecule has 0 bridgehead atoms. The molecule has 0 aromatic rings. The van der Waals surface area contributed by atoms with Crippen LogP contribution in [0.5, 0.6) is 0 Å². The van der Waals surface area contributed by atoms with Gasteiger partial charge in [-0.15, -0.1) is 0 Å². The molecule has 1 aliphatic rings. The monoisotopic (exact) mass is 301 g/mol. The second-order valence-corrected chi connectivity index (χ2v) is 5.81. The zero-order valence-corrected chi connectivity index (χ0v) is 13.1. The predicted octanol–water partition coefficient (Wildman–Crippen LogP) is 0.0523. The van der Waals surface area contributed by atoms with Crippen molar-refractivity contribution in [2.45, 2.75) is 33.2 Å². The van der Waals surface area contributed by atoms with Gasteiger partial charge in [0.1, 0.15) is 6.04 Å². The highest BCUT2D eigenvalue weighted by Crippen LogP contribution is 2.22. The fourth-order valence-electron chi connectivity index (χ4n) is 1.89. The Bertz CT molecular complexity index is 398. The lowest BCUT2D eigenvalue weighted by Gasteiger charge is -2.38. The largest absolute Gasteiger partial charge is 0.392 e. The molecule has 3 N–H and O–H groups in total.